The number of benzene rings is 1. The monoisotopic (exact) mass is 491 g/mol. The van der Waals surface area contributed by atoms with E-state index >= 15 is 0 Å². The van der Waals surface area contributed by atoms with Gasteiger partial charge in [0.2, 0.25) is 11.8 Å². The summed E-state index contributed by atoms with van der Waals surface area (Å²) in [7, 11) is 0. The fourth-order valence-corrected chi connectivity index (χ4v) is 4.26. The normalized spacial score (nSPS) is 16.3. The van der Waals surface area contributed by atoms with Gasteiger partial charge in [-0.15, -0.1) is 0 Å². The lowest BCUT2D eigenvalue weighted by molar-refractivity contribution is -0.144. The van der Waals surface area contributed by atoms with Gasteiger partial charge in [-0.25, -0.2) is 4.79 Å². The van der Waals surface area contributed by atoms with Gasteiger partial charge in [0.1, 0.15) is 23.4 Å². The Morgan fingerprint density at radius 1 is 1.09 bits per heavy atom. The van der Waals surface area contributed by atoms with Crippen LogP contribution in [0.5, 0.6) is 5.75 Å². The molecule has 2 atom stereocenters. The molecule has 0 radical (unpaired) electrons. The maximum atomic E-state index is 13.8. The van der Waals surface area contributed by atoms with Crippen LogP contribution in [-0.2, 0) is 14.3 Å². The zero-order chi connectivity index (χ0) is 26.2. The van der Waals surface area contributed by atoms with E-state index in [-0.39, 0.29) is 36.8 Å². The number of alkyl carbamates (subject to hydrolysis) is 1. The van der Waals surface area contributed by atoms with Gasteiger partial charge in [-0.05, 0) is 57.2 Å². The SMILES string of the molecule is CC(C)C(NC(=O)OC(C)(C)C)C(=O)N(CCO)C(C(=O)NC1CCCCC1)c1ccc(O)cc1. The third-order valence-corrected chi connectivity index (χ3v) is 5.95. The number of carbonyl (C=O) groups excluding carboxylic acids is 3. The van der Waals surface area contributed by atoms with Crippen LogP contribution in [0.1, 0.15) is 78.3 Å². The highest BCUT2D eigenvalue weighted by molar-refractivity contribution is 5.92. The smallest absolute Gasteiger partial charge is 0.408 e. The van der Waals surface area contributed by atoms with E-state index in [1.807, 2.05) is 0 Å². The second kappa shape index (κ2) is 12.8. The number of aliphatic hydroxyl groups excluding tert-OH is 1. The van der Waals surface area contributed by atoms with Crippen molar-refractivity contribution in [2.45, 2.75) is 90.4 Å². The number of aromatic hydroxyl groups is 1. The van der Waals surface area contributed by atoms with Crippen molar-refractivity contribution in [1.82, 2.24) is 15.5 Å². The number of hydrogen-bond acceptors (Lipinski definition) is 6. The number of ether oxygens (including phenoxy) is 1. The molecule has 9 heteroatoms. The lowest BCUT2D eigenvalue weighted by Crippen LogP contribution is -2.56. The summed E-state index contributed by atoms with van der Waals surface area (Å²) in [5.74, 6) is -1.13. The Labute approximate surface area is 208 Å². The summed E-state index contributed by atoms with van der Waals surface area (Å²) in [4.78, 5) is 41.1. The molecule has 0 heterocycles. The van der Waals surface area contributed by atoms with Gasteiger partial charge in [0.05, 0.1) is 6.61 Å². The van der Waals surface area contributed by atoms with Crippen LogP contribution in [-0.4, -0.2) is 63.9 Å². The van der Waals surface area contributed by atoms with Crippen LogP contribution in [0.2, 0.25) is 0 Å². The molecule has 4 N–H and O–H groups in total. The number of nitrogens with zero attached hydrogens (tertiary/aromatic N) is 1. The van der Waals surface area contributed by atoms with Gasteiger partial charge in [0, 0.05) is 12.6 Å². The molecule has 3 amide bonds. The predicted octanol–water partition coefficient (Wildman–Crippen LogP) is 3.25. The summed E-state index contributed by atoms with van der Waals surface area (Å²) in [5, 5.41) is 25.3. The van der Waals surface area contributed by atoms with E-state index in [1.165, 1.54) is 17.0 Å². The van der Waals surface area contributed by atoms with Gasteiger partial charge in [-0.2, -0.15) is 0 Å². The summed E-state index contributed by atoms with van der Waals surface area (Å²) in [6.07, 6.45) is 4.21. The molecule has 2 rings (SSSR count). The topological polar surface area (TPSA) is 128 Å². The Bertz CT molecular complexity index is 844. The lowest BCUT2D eigenvalue weighted by atomic mass is 9.94. The van der Waals surface area contributed by atoms with Crippen LogP contribution >= 0.6 is 0 Å². The highest BCUT2D eigenvalue weighted by Gasteiger charge is 2.38. The molecule has 1 aromatic rings. The maximum absolute atomic E-state index is 13.8. The zero-order valence-electron chi connectivity index (χ0n) is 21.5. The van der Waals surface area contributed by atoms with Crippen molar-refractivity contribution in [2.75, 3.05) is 13.2 Å². The first-order valence-electron chi connectivity index (χ1n) is 12.4. The summed E-state index contributed by atoms with van der Waals surface area (Å²) in [6.45, 7) is 8.29. The first-order chi connectivity index (χ1) is 16.4. The number of phenolic OH excluding ortho intramolecular Hbond substituents is 1. The molecule has 1 fully saturated rings. The summed E-state index contributed by atoms with van der Waals surface area (Å²) in [6, 6.07) is 4.08. The van der Waals surface area contributed by atoms with Gasteiger partial charge in [-0.1, -0.05) is 45.2 Å². The number of nitrogens with one attached hydrogen (secondary N) is 2. The second-order valence-electron chi connectivity index (χ2n) is 10.5. The first kappa shape index (κ1) is 28.4. The van der Waals surface area contributed by atoms with E-state index in [9.17, 15) is 24.6 Å². The molecule has 0 bridgehead atoms. The molecule has 0 aromatic heterocycles. The third kappa shape index (κ3) is 8.72. The Balaban J connectivity index is 2.38. The molecule has 196 valence electrons. The highest BCUT2D eigenvalue weighted by Crippen LogP contribution is 2.27. The van der Waals surface area contributed by atoms with Crippen LogP contribution in [0.4, 0.5) is 4.79 Å². The molecule has 1 aliphatic rings. The van der Waals surface area contributed by atoms with Crippen molar-refractivity contribution in [3.63, 3.8) is 0 Å². The van der Waals surface area contributed by atoms with Crippen LogP contribution < -0.4 is 10.6 Å². The molecule has 1 saturated carbocycles. The van der Waals surface area contributed by atoms with E-state index in [1.54, 1.807) is 46.8 Å². The molecule has 1 aliphatic carbocycles. The van der Waals surface area contributed by atoms with Gasteiger partial charge in [0.25, 0.3) is 0 Å². The summed E-state index contributed by atoms with van der Waals surface area (Å²) < 4.78 is 5.34. The van der Waals surface area contributed by atoms with Crippen LogP contribution in [0.3, 0.4) is 0 Å². The molecule has 0 saturated heterocycles. The first-order valence-corrected chi connectivity index (χ1v) is 12.4. The number of aliphatic hydroxyl groups is 1. The minimum absolute atomic E-state index is 0.0164. The Hall–Kier alpha value is -2.81. The molecular formula is C26H41N3O6. The van der Waals surface area contributed by atoms with E-state index in [2.05, 4.69) is 10.6 Å². The molecule has 1 aromatic carbocycles. The second-order valence-corrected chi connectivity index (χ2v) is 10.5. The van der Waals surface area contributed by atoms with Crippen LogP contribution in [0.15, 0.2) is 24.3 Å². The van der Waals surface area contributed by atoms with Gasteiger partial charge in [0.15, 0.2) is 0 Å². The Kier molecular flexibility index (Phi) is 10.4. The number of amides is 3. The van der Waals surface area contributed by atoms with Gasteiger partial charge in [-0.3, -0.25) is 9.59 Å². The van der Waals surface area contributed by atoms with E-state index < -0.39 is 29.7 Å². The van der Waals surface area contributed by atoms with E-state index in [0.717, 1.165) is 32.1 Å². The van der Waals surface area contributed by atoms with Crippen molar-refractivity contribution >= 4 is 17.9 Å². The largest absolute Gasteiger partial charge is 0.508 e. The molecule has 0 spiro atoms. The predicted molar refractivity (Wildman–Crippen MR) is 133 cm³/mol. The number of phenols is 1. The molecule has 35 heavy (non-hydrogen) atoms. The van der Waals surface area contributed by atoms with Crippen LogP contribution in [0.25, 0.3) is 0 Å². The van der Waals surface area contributed by atoms with E-state index in [0.29, 0.717) is 5.56 Å². The fourth-order valence-electron chi connectivity index (χ4n) is 4.26. The highest BCUT2D eigenvalue weighted by atomic mass is 16.6. The number of hydrogen-bond donors (Lipinski definition) is 4. The van der Waals surface area contributed by atoms with Crippen molar-refractivity contribution in [2.24, 2.45) is 5.92 Å². The standard InChI is InChI=1S/C26H41N3O6/c1-17(2)21(28-25(34)35-26(3,4)5)24(33)29(15-16-30)22(18-11-13-20(31)14-12-18)23(32)27-19-9-7-6-8-10-19/h11-14,17,19,21-22,30-31H,6-10,15-16H2,1-5H3,(H,27,32)(H,28,34). The van der Waals surface area contributed by atoms with Gasteiger partial charge < -0.3 is 30.5 Å². The Morgan fingerprint density at radius 3 is 2.20 bits per heavy atom. The molecular weight excluding hydrogens is 450 g/mol. The summed E-state index contributed by atoms with van der Waals surface area (Å²) in [5.41, 5.74) is -0.244. The maximum Gasteiger partial charge on any atom is 0.408 e. The van der Waals surface area contributed by atoms with Crippen molar-refractivity contribution in [3.05, 3.63) is 29.8 Å². The number of carbonyl (C=O) groups is 3. The van der Waals surface area contributed by atoms with Gasteiger partial charge >= 0.3 is 6.09 Å². The quantitative estimate of drug-likeness (QED) is 0.420. The summed E-state index contributed by atoms with van der Waals surface area (Å²) >= 11 is 0. The fraction of sp³-hybridized carbons (Fsp3) is 0.654. The van der Waals surface area contributed by atoms with Crippen LogP contribution in [0, 0.1) is 5.92 Å². The zero-order valence-corrected chi connectivity index (χ0v) is 21.5. The average molecular weight is 492 g/mol. The minimum atomic E-state index is -1.04. The lowest BCUT2D eigenvalue weighted by Gasteiger charge is -2.36. The minimum Gasteiger partial charge on any atom is -0.508 e. The number of rotatable bonds is 9. The average Bonchev–Trinajstić information content (AvgIpc) is 2.77. The molecule has 9 nitrogen and oxygen atoms in total. The Morgan fingerprint density at radius 2 is 1.69 bits per heavy atom. The van der Waals surface area contributed by atoms with Crippen molar-refractivity contribution in [1.29, 1.82) is 0 Å². The van der Waals surface area contributed by atoms with E-state index in [4.69, 9.17) is 4.74 Å². The van der Waals surface area contributed by atoms with Crippen molar-refractivity contribution < 1.29 is 29.3 Å². The molecule has 2 unspecified atom stereocenters. The molecule has 0 aliphatic heterocycles. The van der Waals surface area contributed by atoms with Crippen molar-refractivity contribution in [3.8, 4) is 5.75 Å². The third-order valence-electron chi connectivity index (χ3n) is 5.95.